The van der Waals surface area contributed by atoms with E-state index < -0.39 is 5.82 Å². The predicted molar refractivity (Wildman–Crippen MR) is 132 cm³/mol. The Morgan fingerprint density at radius 3 is 2.47 bits per heavy atom. The molecule has 34 heavy (non-hydrogen) atoms. The van der Waals surface area contributed by atoms with Crippen LogP contribution in [-0.2, 0) is 9.59 Å². The summed E-state index contributed by atoms with van der Waals surface area (Å²) in [4.78, 5) is 44.8. The summed E-state index contributed by atoms with van der Waals surface area (Å²) in [5.74, 6) is -1.17. The van der Waals surface area contributed by atoms with Gasteiger partial charge in [0, 0.05) is 20.5 Å². The molecular weight excluding hydrogens is 539 g/mol. The summed E-state index contributed by atoms with van der Waals surface area (Å²) >= 11 is 6.52. The van der Waals surface area contributed by atoms with Crippen molar-refractivity contribution in [2.24, 2.45) is 29.6 Å². The number of carbonyl (C=O) groups excluding carboxylic acids is 2. The fourth-order valence-electron chi connectivity index (χ4n) is 6.93. The van der Waals surface area contributed by atoms with E-state index in [2.05, 4.69) is 33.0 Å². The summed E-state index contributed by atoms with van der Waals surface area (Å²) in [5, 5.41) is 1.05. The van der Waals surface area contributed by atoms with Crippen LogP contribution in [0.15, 0.2) is 62.8 Å². The van der Waals surface area contributed by atoms with Gasteiger partial charge in [0.25, 0.3) is 0 Å². The smallest absolute Gasteiger partial charge is 0.305 e. The number of H-pyrrole nitrogens is 1. The van der Waals surface area contributed by atoms with E-state index in [1.54, 1.807) is 11.8 Å². The molecule has 2 aliphatic carbocycles. The summed E-state index contributed by atoms with van der Waals surface area (Å²) in [6, 6.07) is 13.7. The molecule has 9 heteroatoms. The van der Waals surface area contributed by atoms with Crippen LogP contribution in [0.4, 0.5) is 10.1 Å². The highest BCUT2D eigenvalue weighted by Gasteiger charge is 2.69. The average Bonchev–Trinajstić information content (AvgIpc) is 3.53. The molecule has 0 unspecified atom stereocenters. The number of fused-ring (bicyclic) bond motifs is 9. The highest BCUT2D eigenvalue weighted by molar-refractivity contribution is 9.10. The van der Waals surface area contributed by atoms with Gasteiger partial charge in [-0.25, -0.2) is 4.39 Å². The lowest BCUT2D eigenvalue weighted by molar-refractivity contribution is -0.123. The molecule has 1 saturated heterocycles. The Kier molecular flexibility index (Phi) is 4.58. The van der Waals surface area contributed by atoms with Gasteiger partial charge in [0.2, 0.25) is 11.8 Å². The number of hydrogen-bond acceptors (Lipinski definition) is 5. The van der Waals surface area contributed by atoms with Crippen LogP contribution in [0.1, 0.15) is 22.8 Å². The fourth-order valence-corrected chi connectivity index (χ4v) is 10.2. The first-order valence-electron chi connectivity index (χ1n) is 11.2. The summed E-state index contributed by atoms with van der Waals surface area (Å²) in [5.41, 5.74) is 1.56. The van der Waals surface area contributed by atoms with Crippen LogP contribution in [0.2, 0.25) is 0 Å². The molecule has 0 radical (unpaired) electrons. The van der Waals surface area contributed by atoms with Crippen molar-refractivity contribution in [3.05, 3.63) is 78.9 Å². The molecular formula is C25H18BrFN2O3S2. The topological polar surface area (TPSA) is 70.2 Å². The molecule has 2 aliphatic heterocycles. The lowest BCUT2D eigenvalue weighted by Crippen LogP contribution is -2.42. The molecule has 2 aromatic carbocycles. The number of imide groups is 1. The number of thiazole rings is 1. The van der Waals surface area contributed by atoms with Crippen LogP contribution in [0.5, 0.6) is 0 Å². The zero-order valence-electron chi connectivity index (χ0n) is 17.6. The highest BCUT2D eigenvalue weighted by atomic mass is 79.9. The number of halogens is 2. The van der Waals surface area contributed by atoms with Crippen molar-refractivity contribution in [1.82, 2.24) is 4.98 Å². The first-order chi connectivity index (χ1) is 16.4. The Hall–Kier alpha value is -2.23. The van der Waals surface area contributed by atoms with Crippen LogP contribution in [0, 0.1) is 35.4 Å². The zero-order valence-corrected chi connectivity index (χ0v) is 20.8. The molecule has 1 N–H and O–H groups in total. The maximum Gasteiger partial charge on any atom is 0.305 e. The molecule has 0 spiro atoms. The van der Waals surface area contributed by atoms with Gasteiger partial charge in [-0.3, -0.25) is 19.3 Å². The summed E-state index contributed by atoms with van der Waals surface area (Å²) < 4.78 is 14.4. The second-order valence-electron chi connectivity index (χ2n) is 9.50. The van der Waals surface area contributed by atoms with Crippen LogP contribution >= 0.6 is 39.0 Å². The zero-order chi connectivity index (χ0) is 23.3. The summed E-state index contributed by atoms with van der Waals surface area (Å²) in [7, 11) is 0. The molecule has 3 heterocycles. The van der Waals surface area contributed by atoms with Gasteiger partial charge < -0.3 is 4.98 Å². The Labute approximate surface area is 210 Å². The standard InChI is InChI=1S/C25H18BrFN2O3S2/c26-11-3-1-2-10(8-11)16-17-14-9-15(20(17)33-22-21(16)34-25(32)28-22)19-18(14)23(30)29(24(19)31)13-6-4-12(27)5-7-13/h1-8,14-20H,9H2,(H,28,32)/t14-,15-,16+,17+,18+,19+,20-/m1/s1. The first kappa shape index (κ1) is 21.1. The van der Waals surface area contributed by atoms with Crippen LogP contribution in [0.3, 0.4) is 0 Å². The predicted octanol–water partition coefficient (Wildman–Crippen LogP) is 5.02. The number of anilines is 1. The summed E-state index contributed by atoms with van der Waals surface area (Å²) in [6.07, 6.45) is 0.843. The monoisotopic (exact) mass is 556 g/mol. The number of rotatable bonds is 2. The molecule has 7 rings (SSSR count). The van der Waals surface area contributed by atoms with E-state index in [1.165, 1.54) is 40.5 Å². The number of aromatic nitrogens is 1. The van der Waals surface area contributed by atoms with Gasteiger partial charge in [-0.15, -0.1) is 11.8 Å². The largest absolute Gasteiger partial charge is 0.307 e. The second-order valence-corrected chi connectivity index (χ2v) is 12.6. The number of carbonyl (C=O) groups is 2. The SMILES string of the molecule is O=C1[C@H]2[C@H]3C[C@@H]([C@@H]2C(=O)N1c1ccc(F)cc1)[C@H]1[C@H](c2cccc(Br)c2)c2sc(=O)[nH]c2S[C@H]31. The van der Waals surface area contributed by atoms with E-state index in [4.69, 9.17) is 0 Å². The molecule has 2 amide bonds. The quantitative estimate of drug-likeness (QED) is 0.450. The number of hydrogen-bond donors (Lipinski definition) is 1. The van der Waals surface area contributed by atoms with Gasteiger partial charge in [-0.1, -0.05) is 39.4 Å². The molecule has 4 aliphatic rings. The lowest BCUT2D eigenvalue weighted by atomic mass is 9.68. The molecule has 7 atom stereocenters. The third kappa shape index (κ3) is 2.80. The van der Waals surface area contributed by atoms with Crippen LogP contribution in [-0.4, -0.2) is 22.0 Å². The Morgan fingerprint density at radius 1 is 1.00 bits per heavy atom. The highest BCUT2D eigenvalue weighted by Crippen LogP contribution is 2.68. The van der Waals surface area contributed by atoms with E-state index >= 15 is 0 Å². The van der Waals surface area contributed by atoms with Gasteiger partial charge in [0.15, 0.2) is 0 Å². The van der Waals surface area contributed by atoms with E-state index in [0.717, 1.165) is 26.4 Å². The number of amides is 2. The van der Waals surface area contributed by atoms with Gasteiger partial charge in [0.1, 0.15) is 5.82 Å². The maximum absolute atomic E-state index is 13.6. The van der Waals surface area contributed by atoms with Gasteiger partial charge in [0.05, 0.1) is 22.5 Å². The number of benzene rings is 2. The normalized spacial score (nSPS) is 33.2. The fraction of sp³-hybridized carbons (Fsp3) is 0.320. The van der Waals surface area contributed by atoms with Crippen molar-refractivity contribution in [3.8, 4) is 0 Å². The molecule has 3 fully saturated rings. The molecule has 5 nitrogen and oxygen atoms in total. The van der Waals surface area contributed by atoms with E-state index in [9.17, 15) is 18.8 Å². The lowest BCUT2D eigenvalue weighted by Gasteiger charge is -2.43. The van der Waals surface area contributed by atoms with Crippen molar-refractivity contribution >= 4 is 56.5 Å². The summed E-state index contributed by atoms with van der Waals surface area (Å²) in [6.45, 7) is 0. The first-order valence-corrected chi connectivity index (χ1v) is 13.7. The Bertz CT molecular complexity index is 1420. The van der Waals surface area contributed by atoms with Crippen molar-refractivity contribution in [2.45, 2.75) is 22.6 Å². The molecule has 172 valence electrons. The molecule has 3 aromatic rings. The second kappa shape index (κ2) is 7.38. The van der Waals surface area contributed by atoms with Gasteiger partial charge in [-0.05, 0) is 66.1 Å². The molecule has 1 aromatic heterocycles. The average molecular weight is 557 g/mol. The maximum atomic E-state index is 13.6. The van der Waals surface area contributed by atoms with E-state index in [1.807, 2.05) is 12.1 Å². The van der Waals surface area contributed by atoms with Crippen molar-refractivity contribution < 1.29 is 14.0 Å². The number of nitrogens with one attached hydrogen (secondary N) is 1. The third-order valence-electron chi connectivity index (χ3n) is 8.02. The number of thioether (sulfide) groups is 1. The minimum atomic E-state index is -0.400. The minimum absolute atomic E-state index is 0.00132. The van der Waals surface area contributed by atoms with E-state index in [0.29, 0.717) is 5.69 Å². The van der Waals surface area contributed by atoms with Crippen LogP contribution in [0.25, 0.3) is 0 Å². The van der Waals surface area contributed by atoms with Crippen molar-refractivity contribution in [2.75, 3.05) is 4.90 Å². The van der Waals surface area contributed by atoms with Gasteiger partial charge in [-0.2, -0.15) is 0 Å². The Morgan fingerprint density at radius 2 is 1.74 bits per heavy atom. The van der Waals surface area contributed by atoms with Crippen molar-refractivity contribution in [3.63, 3.8) is 0 Å². The molecule has 2 saturated carbocycles. The van der Waals surface area contributed by atoms with Crippen molar-refractivity contribution in [1.29, 1.82) is 0 Å². The van der Waals surface area contributed by atoms with Gasteiger partial charge >= 0.3 is 4.87 Å². The molecule has 2 bridgehead atoms. The number of nitrogens with zero attached hydrogens (tertiary/aromatic N) is 1. The Balaban J connectivity index is 1.33. The number of aromatic amines is 1. The third-order valence-corrected chi connectivity index (χ3v) is 11.1. The van der Waals surface area contributed by atoms with E-state index in [-0.39, 0.29) is 57.4 Å². The van der Waals surface area contributed by atoms with Crippen LogP contribution < -0.4 is 9.77 Å². The minimum Gasteiger partial charge on any atom is -0.307 e.